The van der Waals surface area contributed by atoms with Gasteiger partial charge in [-0.25, -0.2) is 0 Å². The Morgan fingerprint density at radius 3 is 1.87 bits per heavy atom. The molecule has 0 unspecified atom stereocenters. The van der Waals surface area contributed by atoms with Crippen LogP contribution < -0.4 is 0 Å². The molecule has 0 fully saturated rings. The van der Waals surface area contributed by atoms with E-state index in [-0.39, 0.29) is 30.8 Å². The number of benzene rings is 2. The van der Waals surface area contributed by atoms with Crippen molar-refractivity contribution < 1.29 is 19.8 Å². The summed E-state index contributed by atoms with van der Waals surface area (Å²) in [5.74, 6) is -0.785. The quantitative estimate of drug-likeness (QED) is 0.767. The molecule has 4 heteroatoms. The number of carbonyl (C=O) groups is 2. The van der Waals surface area contributed by atoms with Crippen LogP contribution >= 0.6 is 0 Å². The zero-order chi connectivity index (χ0) is 16.7. The second-order valence-corrected chi connectivity index (χ2v) is 5.28. The minimum absolute atomic E-state index is 0.0673. The number of ketones is 1. The highest BCUT2D eigenvalue weighted by Gasteiger charge is 2.06. The molecule has 0 heterocycles. The summed E-state index contributed by atoms with van der Waals surface area (Å²) in [6, 6.07) is 14.5. The van der Waals surface area contributed by atoms with Gasteiger partial charge in [0.2, 0.25) is 0 Å². The number of aliphatic carboxylic acids is 1. The second-order valence-electron chi connectivity index (χ2n) is 5.28. The Kier molecular flexibility index (Phi) is 5.69. The van der Waals surface area contributed by atoms with Gasteiger partial charge in [0.15, 0.2) is 0 Å². The summed E-state index contributed by atoms with van der Waals surface area (Å²) >= 11 is 0. The van der Waals surface area contributed by atoms with E-state index in [2.05, 4.69) is 0 Å². The number of Topliss-reactive ketones (excluding diaryl/α,β-unsaturated/α-hetero) is 1. The highest BCUT2D eigenvalue weighted by molar-refractivity contribution is 5.84. The molecule has 0 amide bonds. The summed E-state index contributed by atoms with van der Waals surface area (Å²) in [7, 11) is 0. The molecular formula is C19H18O4. The lowest BCUT2D eigenvalue weighted by Crippen LogP contribution is -2.06. The van der Waals surface area contributed by atoms with E-state index in [0.29, 0.717) is 0 Å². The molecule has 0 bridgehead atoms. The fourth-order valence-corrected chi connectivity index (χ4v) is 2.09. The van der Waals surface area contributed by atoms with Gasteiger partial charge >= 0.3 is 5.97 Å². The van der Waals surface area contributed by atoms with Crippen molar-refractivity contribution in [3.05, 3.63) is 65.2 Å². The number of carbonyl (C=O) groups excluding carboxylic acids is 1. The Balaban J connectivity index is 1.92. The van der Waals surface area contributed by atoms with Crippen molar-refractivity contribution in [1.82, 2.24) is 0 Å². The number of carboxylic acid groups (broad SMARTS) is 1. The van der Waals surface area contributed by atoms with Crippen LogP contribution in [-0.4, -0.2) is 22.0 Å². The predicted octanol–water partition coefficient (Wildman–Crippen LogP) is 3.54. The van der Waals surface area contributed by atoms with E-state index < -0.39 is 5.97 Å². The number of hydrogen-bond acceptors (Lipinski definition) is 3. The first kappa shape index (κ1) is 16.5. The minimum atomic E-state index is -0.951. The normalized spacial score (nSPS) is 10.8. The third-order valence-corrected chi connectivity index (χ3v) is 3.36. The first-order valence-corrected chi connectivity index (χ1v) is 7.32. The molecule has 0 aliphatic heterocycles. The molecule has 2 N–H and O–H groups in total. The van der Waals surface area contributed by atoms with Crippen LogP contribution in [-0.2, 0) is 16.0 Å². The minimum Gasteiger partial charge on any atom is -0.508 e. The molecule has 0 atom stereocenters. The van der Waals surface area contributed by atoms with Crippen LogP contribution in [0.1, 0.15) is 29.5 Å². The molecule has 23 heavy (non-hydrogen) atoms. The van der Waals surface area contributed by atoms with Crippen molar-refractivity contribution in [2.24, 2.45) is 0 Å². The summed E-state index contributed by atoms with van der Waals surface area (Å²) in [6.45, 7) is 0. The highest BCUT2D eigenvalue weighted by Crippen LogP contribution is 2.14. The zero-order valence-electron chi connectivity index (χ0n) is 12.6. The molecule has 0 aliphatic carbocycles. The van der Waals surface area contributed by atoms with Gasteiger partial charge in [-0.05, 0) is 28.8 Å². The van der Waals surface area contributed by atoms with Crippen molar-refractivity contribution in [2.75, 3.05) is 0 Å². The smallest absolute Gasteiger partial charge is 0.303 e. The summed E-state index contributed by atoms with van der Waals surface area (Å²) in [4.78, 5) is 22.1. The molecule has 4 nitrogen and oxygen atoms in total. The van der Waals surface area contributed by atoms with Crippen LogP contribution in [0, 0.1) is 0 Å². The molecular weight excluding hydrogens is 292 g/mol. The Morgan fingerprint density at radius 2 is 1.35 bits per heavy atom. The van der Waals surface area contributed by atoms with Gasteiger partial charge in [0, 0.05) is 12.8 Å². The maximum atomic E-state index is 11.6. The first-order valence-electron chi connectivity index (χ1n) is 7.32. The van der Waals surface area contributed by atoms with Gasteiger partial charge in [-0.2, -0.15) is 0 Å². The van der Waals surface area contributed by atoms with Crippen molar-refractivity contribution in [1.29, 1.82) is 0 Å². The Labute approximate surface area is 134 Å². The molecule has 2 aromatic rings. The molecule has 0 aromatic heterocycles. The third kappa shape index (κ3) is 5.79. The summed E-state index contributed by atoms with van der Waals surface area (Å²) in [5.41, 5.74) is 2.86. The average molecular weight is 310 g/mol. The first-order chi connectivity index (χ1) is 11.0. The van der Waals surface area contributed by atoms with Gasteiger partial charge in [0.1, 0.15) is 11.5 Å². The molecule has 0 saturated carbocycles. The van der Waals surface area contributed by atoms with Crippen molar-refractivity contribution in [3.8, 4) is 5.75 Å². The Morgan fingerprint density at radius 1 is 0.826 bits per heavy atom. The topological polar surface area (TPSA) is 74.6 Å². The van der Waals surface area contributed by atoms with E-state index in [1.165, 1.54) is 0 Å². The van der Waals surface area contributed by atoms with E-state index >= 15 is 0 Å². The third-order valence-electron chi connectivity index (χ3n) is 3.36. The Bertz CT molecular complexity index is 697. The zero-order valence-corrected chi connectivity index (χ0v) is 12.6. The summed E-state index contributed by atoms with van der Waals surface area (Å²) < 4.78 is 0. The van der Waals surface area contributed by atoms with E-state index in [4.69, 9.17) is 5.11 Å². The molecule has 2 aromatic carbocycles. The largest absolute Gasteiger partial charge is 0.508 e. The van der Waals surface area contributed by atoms with Crippen LogP contribution in [0.3, 0.4) is 0 Å². The van der Waals surface area contributed by atoms with E-state index in [0.717, 1.165) is 16.7 Å². The van der Waals surface area contributed by atoms with Crippen LogP contribution in [0.25, 0.3) is 12.2 Å². The number of hydrogen-bond donors (Lipinski definition) is 2. The molecule has 118 valence electrons. The van der Waals surface area contributed by atoms with Gasteiger partial charge in [-0.1, -0.05) is 48.6 Å². The van der Waals surface area contributed by atoms with Crippen molar-refractivity contribution in [3.63, 3.8) is 0 Å². The number of phenolic OH excluding ortho intramolecular Hbond substituents is 1. The monoisotopic (exact) mass is 310 g/mol. The molecule has 0 spiro atoms. The van der Waals surface area contributed by atoms with Crippen LogP contribution in [0.2, 0.25) is 0 Å². The standard InChI is InChI=1S/C19H18O4/c20-17-9-7-15(8-10-17)2-1-14-3-5-16(6-4-14)13-18(21)11-12-19(22)23/h1-10,20H,11-13H2,(H,22,23)/b2-1+. The van der Waals surface area contributed by atoms with Crippen molar-refractivity contribution in [2.45, 2.75) is 19.3 Å². The summed E-state index contributed by atoms with van der Waals surface area (Å²) in [6.07, 6.45) is 4.09. The average Bonchev–Trinajstić information content (AvgIpc) is 2.54. The van der Waals surface area contributed by atoms with Gasteiger partial charge in [0.05, 0.1) is 6.42 Å². The van der Waals surface area contributed by atoms with Crippen LogP contribution in [0.5, 0.6) is 5.75 Å². The molecule has 0 aliphatic rings. The maximum absolute atomic E-state index is 11.6. The Hall–Kier alpha value is -2.88. The lowest BCUT2D eigenvalue weighted by Gasteiger charge is -2.01. The summed E-state index contributed by atoms with van der Waals surface area (Å²) in [5, 5.41) is 17.8. The number of rotatable bonds is 7. The van der Waals surface area contributed by atoms with E-state index in [1.807, 2.05) is 48.6 Å². The van der Waals surface area contributed by atoms with E-state index in [1.54, 1.807) is 12.1 Å². The van der Waals surface area contributed by atoms with Crippen LogP contribution in [0.15, 0.2) is 48.5 Å². The molecule has 2 rings (SSSR count). The fourth-order valence-electron chi connectivity index (χ4n) is 2.09. The SMILES string of the molecule is O=C(O)CCC(=O)Cc1ccc(/C=C/c2ccc(O)cc2)cc1. The van der Waals surface area contributed by atoms with Crippen LogP contribution in [0.4, 0.5) is 0 Å². The number of aromatic hydroxyl groups is 1. The molecule has 0 saturated heterocycles. The molecule has 0 radical (unpaired) electrons. The van der Waals surface area contributed by atoms with Gasteiger partial charge in [-0.15, -0.1) is 0 Å². The van der Waals surface area contributed by atoms with Crippen molar-refractivity contribution >= 4 is 23.9 Å². The number of carboxylic acids is 1. The fraction of sp³-hybridized carbons (Fsp3) is 0.158. The van der Waals surface area contributed by atoms with Gasteiger partial charge in [0.25, 0.3) is 0 Å². The lowest BCUT2D eigenvalue weighted by molar-refractivity contribution is -0.138. The van der Waals surface area contributed by atoms with Gasteiger partial charge in [-0.3, -0.25) is 9.59 Å². The second kappa shape index (κ2) is 7.94. The number of phenols is 1. The highest BCUT2D eigenvalue weighted by atomic mass is 16.4. The maximum Gasteiger partial charge on any atom is 0.303 e. The van der Waals surface area contributed by atoms with E-state index in [9.17, 15) is 14.7 Å². The lowest BCUT2D eigenvalue weighted by atomic mass is 10.0. The predicted molar refractivity (Wildman–Crippen MR) is 89.1 cm³/mol. The van der Waals surface area contributed by atoms with Gasteiger partial charge < -0.3 is 10.2 Å².